The van der Waals surface area contributed by atoms with Crippen LogP contribution < -0.4 is 4.74 Å². The summed E-state index contributed by atoms with van der Waals surface area (Å²) in [6, 6.07) is 4.00. The smallest absolute Gasteiger partial charge is 0.138 e. The van der Waals surface area contributed by atoms with Gasteiger partial charge in [0.2, 0.25) is 0 Å². The Morgan fingerprint density at radius 2 is 2.14 bits per heavy atom. The summed E-state index contributed by atoms with van der Waals surface area (Å²) in [5, 5.41) is 0.802. The van der Waals surface area contributed by atoms with Gasteiger partial charge in [0.05, 0.1) is 18.0 Å². The van der Waals surface area contributed by atoms with Crippen LogP contribution in [-0.4, -0.2) is 11.1 Å². The van der Waals surface area contributed by atoms with Crippen molar-refractivity contribution >= 4 is 15.9 Å². The number of ether oxygens (including phenoxy) is 1. The van der Waals surface area contributed by atoms with Gasteiger partial charge in [-0.2, -0.15) is 0 Å². The minimum atomic E-state index is 0.423. The van der Waals surface area contributed by atoms with Crippen LogP contribution in [0.1, 0.15) is 31.4 Å². The lowest BCUT2D eigenvalue weighted by Crippen LogP contribution is -2.10. The van der Waals surface area contributed by atoms with Crippen molar-refractivity contribution in [2.24, 2.45) is 0 Å². The molecule has 0 saturated heterocycles. The van der Waals surface area contributed by atoms with Crippen LogP contribution >= 0.6 is 15.9 Å². The lowest BCUT2D eigenvalue weighted by molar-refractivity contribution is 0.209. The minimum absolute atomic E-state index is 0.423. The summed E-state index contributed by atoms with van der Waals surface area (Å²) in [4.78, 5) is 4.27. The number of aromatic nitrogens is 1. The molecule has 0 amide bonds. The van der Waals surface area contributed by atoms with Crippen LogP contribution in [0.25, 0.3) is 0 Å². The Hall–Kier alpha value is -0.570. The SMILES string of the molecule is BrCc1ccc(OC2CCCC2)cn1. The number of rotatable bonds is 3. The van der Waals surface area contributed by atoms with Gasteiger partial charge in [-0.1, -0.05) is 15.9 Å². The van der Waals surface area contributed by atoms with E-state index < -0.39 is 0 Å². The van der Waals surface area contributed by atoms with Gasteiger partial charge in [0.25, 0.3) is 0 Å². The molecule has 2 rings (SSSR count). The highest BCUT2D eigenvalue weighted by atomic mass is 79.9. The van der Waals surface area contributed by atoms with Crippen molar-refractivity contribution in [2.45, 2.75) is 37.1 Å². The Kier molecular flexibility index (Phi) is 3.40. The van der Waals surface area contributed by atoms with Crippen molar-refractivity contribution in [3.8, 4) is 5.75 Å². The second-order valence-corrected chi connectivity index (χ2v) is 4.20. The molecular formula is C11H14BrNO. The third-order valence-corrected chi connectivity index (χ3v) is 3.11. The van der Waals surface area contributed by atoms with Crippen LogP contribution in [0, 0.1) is 0 Å². The van der Waals surface area contributed by atoms with E-state index in [1.165, 1.54) is 25.7 Å². The molecule has 1 heterocycles. The molecule has 2 nitrogen and oxygen atoms in total. The fourth-order valence-electron chi connectivity index (χ4n) is 1.76. The van der Waals surface area contributed by atoms with Crippen LogP contribution in [0.2, 0.25) is 0 Å². The maximum atomic E-state index is 5.80. The topological polar surface area (TPSA) is 22.1 Å². The summed E-state index contributed by atoms with van der Waals surface area (Å²) in [5.41, 5.74) is 1.05. The standard InChI is InChI=1S/C11H14BrNO/c12-7-9-5-6-11(8-13-9)14-10-3-1-2-4-10/h5-6,8,10H,1-4,7H2. The molecule has 0 atom stereocenters. The van der Waals surface area contributed by atoms with E-state index in [0.717, 1.165) is 16.8 Å². The molecule has 0 unspecified atom stereocenters. The number of nitrogens with zero attached hydrogens (tertiary/aromatic N) is 1. The summed E-state index contributed by atoms with van der Waals surface area (Å²) < 4.78 is 5.80. The number of pyridine rings is 1. The maximum Gasteiger partial charge on any atom is 0.138 e. The molecular weight excluding hydrogens is 242 g/mol. The van der Waals surface area contributed by atoms with Crippen molar-refractivity contribution in [3.05, 3.63) is 24.0 Å². The molecule has 1 saturated carbocycles. The zero-order valence-corrected chi connectivity index (χ0v) is 9.66. The van der Waals surface area contributed by atoms with E-state index in [1.807, 2.05) is 18.3 Å². The molecule has 1 fully saturated rings. The molecule has 76 valence electrons. The van der Waals surface area contributed by atoms with Crippen molar-refractivity contribution in [1.29, 1.82) is 0 Å². The van der Waals surface area contributed by atoms with Crippen LogP contribution in [-0.2, 0) is 5.33 Å². The first-order valence-corrected chi connectivity index (χ1v) is 6.18. The average molecular weight is 256 g/mol. The van der Waals surface area contributed by atoms with Gasteiger partial charge in [-0.25, -0.2) is 0 Å². The van der Waals surface area contributed by atoms with E-state index in [2.05, 4.69) is 20.9 Å². The van der Waals surface area contributed by atoms with Crippen LogP contribution in [0.5, 0.6) is 5.75 Å². The summed E-state index contributed by atoms with van der Waals surface area (Å²) in [6.07, 6.45) is 7.23. The predicted octanol–water partition coefficient (Wildman–Crippen LogP) is 3.30. The fourth-order valence-corrected chi connectivity index (χ4v) is 2.09. The molecule has 0 aliphatic heterocycles. The Balaban J connectivity index is 1.95. The molecule has 14 heavy (non-hydrogen) atoms. The van der Waals surface area contributed by atoms with E-state index in [1.54, 1.807) is 0 Å². The maximum absolute atomic E-state index is 5.80. The number of hydrogen-bond donors (Lipinski definition) is 0. The molecule has 0 aromatic carbocycles. The number of halogens is 1. The normalized spacial score (nSPS) is 17.2. The van der Waals surface area contributed by atoms with E-state index in [4.69, 9.17) is 4.74 Å². The summed E-state index contributed by atoms with van der Waals surface area (Å²) in [6.45, 7) is 0. The molecule has 1 aromatic heterocycles. The van der Waals surface area contributed by atoms with Crippen molar-refractivity contribution in [1.82, 2.24) is 4.98 Å². The molecule has 1 aliphatic rings. The second kappa shape index (κ2) is 4.78. The van der Waals surface area contributed by atoms with Gasteiger partial charge in [0.1, 0.15) is 5.75 Å². The van der Waals surface area contributed by atoms with Crippen molar-refractivity contribution in [2.75, 3.05) is 0 Å². The summed E-state index contributed by atoms with van der Waals surface area (Å²) >= 11 is 3.37. The molecule has 0 bridgehead atoms. The molecule has 3 heteroatoms. The van der Waals surface area contributed by atoms with Crippen LogP contribution in [0.4, 0.5) is 0 Å². The highest BCUT2D eigenvalue weighted by Gasteiger charge is 2.16. The van der Waals surface area contributed by atoms with E-state index in [0.29, 0.717) is 6.10 Å². The Morgan fingerprint density at radius 1 is 1.36 bits per heavy atom. The number of hydrogen-bond acceptors (Lipinski definition) is 2. The molecule has 0 spiro atoms. The van der Waals surface area contributed by atoms with E-state index >= 15 is 0 Å². The van der Waals surface area contributed by atoms with Gasteiger partial charge in [-0.3, -0.25) is 4.98 Å². The predicted molar refractivity (Wildman–Crippen MR) is 59.8 cm³/mol. The zero-order valence-electron chi connectivity index (χ0n) is 8.08. The third-order valence-electron chi connectivity index (χ3n) is 2.54. The average Bonchev–Trinajstić information content (AvgIpc) is 2.72. The van der Waals surface area contributed by atoms with Gasteiger partial charge in [0, 0.05) is 5.33 Å². The monoisotopic (exact) mass is 255 g/mol. The molecule has 0 N–H and O–H groups in total. The molecule has 0 radical (unpaired) electrons. The quantitative estimate of drug-likeness (QED) is 0.774. The van der Waals surface area contributed by atoms with Gasteiger partial charge >= 0.3 is 0 Å². The van der Waals surface area contributed by atoms with Crippen molar-refractivity contribution in [3.63, 3.8) is 0 Å². The van der Waals surface area contributed by atoms with Crippen molar-refractivity contribution < 1.29 is 4.74 Å². The first-order chi connectivity index (χ1) is 6.88. The lowest BCUT2D eigenvalue weighted by atomic mass is 10.3. The lowest BCUT2D eigenvalue weighted by Gasteiger charge is -2.12. The highest BCUT2D eigenvalue weighted by molar-refractivity contribution is 9.08. The molecule has 1 aliphatic carbocycles. The minimum Gasteiger partial charge on any atom is -0.489 e. The summed E-state index contributed by atoms with van der Waals surface area (Å²) in [5.74, 6) is 0.904. The van der Waals surface area contributed by atoms with Gasteiger partial charge < -0.3 is 4.74 Å². The zero-order chi connectivity index (χ0) is 9.80. The Labute approximate surface area is 92.8 Å². The highest BCUT2D eigenvalue weighted by Crippen LogP contribution is 2.23. The van der Waals surface area contributed by atoms with Gasteiger partial charge in [-0.15, -0.1) is 0 Å². The largest absolute Gasteiger partial charge is 0.489 e. The van der Waals surface area contributed by atoms with Crippen LogP contribution in [0.15, 0.2) is 18.3 Å². The first-order valence-electron chi connectivity index (χ1n) is 5.06. The Morgan fingerprint density at radius 3 is 2.71 bits per heavy atom. The fraction of sp³-hybridized carbons (Fsp3) is 0.545. The van der Waals surface area contributed by atoms with Gasteiger partial charge in [0.15, 0.2) is 0 Å². The third kappa shape index (κ3) is 2.47. The van der Waals surface area contributed by atoms with E-state index in [9.17, 15) is 0 Å². The van der Waals surface area contributed by atoms with Crippen LogP contribution in [0.3, 0.4) is 0 Å². The first kappa shape index (κ1) is 9.97. The van der Waals surface area contributed by atoms with E-state index in [-0.39, 0.29) is 0 Å². The van der Waals surface area contributed by atoms with Gasteiger partial charge in [-0.05, 0) is 37.8 Å². The summed E-state index contributed by atoms with van der Waals surface area (Å²) in [7, 11) is 0. The second-order valence-electron chi connectivity index (χ2n) is 3.64. The Bertz CT molecular complexity index is 280. The molecule has 1 aromatic rings. The number of alkyl halides is 1.